The van der Waals surface area contributed by atoms with Gasteiger partial charge >= 0.3 is 17.1 Å². The molecule has 1 unspecified atom stereocenters. The van der Waals surface area contributed by atoms with Crippen molar-refractivity contribution in [2.45, 2.75) is 160 Å². The van der Waals surface area contributed by atoms with Gasteiger partial charge in [0, 0.05) is 55.0 Å². The van der Waals surface area contributed by atoms with Gasteiger partial charge in [-0.1, -0.05) is 85.7 Å². The van der Waals surface area contributed by atoms with Gasteiger partial charge < -0.3 is 39.6 Å². The smallest absolute Gasteiger partial charge is 0.351 e. The van der Waals surface area contributed by atoms with Crippen molar-refractivity contribution in [3.05, 3.63) is 134 Å². The molecule has 6 N–H and O–H groups in total. The molecule has 0 amide bonds. The Morgan fingerprint density at radius 2 is 1.59 bits per heavy atom. The lowest BCUT2D eigenvalue weighted by Gasteiger charge is -2.43. The van der Waals surface area contributed by atoms with Crippen molar-refractivity contribution in [2.24, 2.45) is 12.8 Å². The molecule has 0 bridgehead atoms. The lowest BCUT2D eigenvalue weighted by atomic mass is 9.89. The third-order valence-corrected chi connectivity index (χ3v) is 25.6. The van der Waals surface area contributed by atoms with Crippen LogP contribution in [0.3, 0.4) is 0 Å². The Morgan fingerprint density at radius 3 is 2.12 bits per heavy atom. The molecule has 6 atom stereocenters. The minimum Gasteiger partial charge on any atom is -0.414 e. The number of aliphatic hydroxyl groups excluding tert-OH is 1. The normalized spacial score (nSPS) is 22.5. The van der Waals surface area contributed by atoms with E-state index in [4.69, 9.17) is 43.8 Å². The van der Waals surface area contributed by atoms with Crippen molar-refractivity contribution in [3.63, 3.8) is 0 Å². The summed E-state index contributed by atoms with van der Waals surface area (Å²) in [4.78, 5) is 67.7. The molecule has 3 aliphatic rings. The number of nitrogen functional groups attached to an aromatic ring is 1. The molecule has 4 aromatic rings. The van der Waals surface area contributed by atoms with Crippen molar-refractivity contribution in [1.82, 2.24) is 28.2 Å². The van der Waals surface area contributed by atoms with Gasteiger partial charge in [0.15, 0.2) is 28.5 Å². The number of rotatable bonds is 14. The van der Waals surface area contributed by atoms with Crippen LogP contribution in [-0.2, 0) is 57.6 Å². The Bertz CT molecular complexity index is 3140. The lowest BCUT2D eigenvalue weighted by Crippen LogP contribution is -2.59. The molecule has 2 saturated heterocycles. The molecule has 1 spiro atoms. The molecule has 3 aromatic heterocycles. The lowest BCUT2D eigenvalue weighted by molar-refractivity contribution is -0.0566. The van der Waals surface area contributed by atoms with Crippen molar-refractivity contribution in [1.29, 1.82) is 0 Å². The van der Waals surface area contributed by atoms with Gasteiger partial charge in [-0.05, 0) is 67.7 Å². The summed E-state index contributed by atoms with van der Waals surface area (Å²) < 4.78 is 67.3. The van der Waals surface area contributed by atoms with Gasteiger partial charge in [-0.3, -0.25) is 32.8 Å². The first-order valence-corrected chi connectivity index (χ1v) is 33.4. The van der Waals surface area contributed by atoms with Crippen LogP contribution >= 0.6 is 11.8 Å². The van der Waals surface area contributed by atoms with E-state index in [1.54, 1.807) is 19.2 Å². The summed E-state index contributed by atoms with van der Waals surface area (Å²) >= 11 is 1.47. The predicted octanol–water partition coefficient (Wildman–Crippen LogP) is 4.71. The van der Waals surface area contributed by atoms with E-state index in [0.29, 0.717) is 29.9 Å². The van der Waals surface area contributed by atoms with Gasteiger partial charge in [0.2, 0.25) is 0 Å². The largest absolute Gasteiger partial charge is 0.414 e. The quantitative estimate of drug-likeness (QED) is 0.0981. The number of aromatic amines is 1. The van der Waals surface area contributed by atoms with Gasteiger partial charge in [0.05, 0.1) is 24.3 Å². The van der Waals surface area contributed by atoms with E-state index in [9.17, 15) is 32.4 Å². The van der Waals surface area contributed by atoms with Crippen LogP contribution < -0.4 is 39.7 Å². The first-order valence-electron chi connectivity index (χ1n) is 25.0. The highest BCUT2D eigenvalue weighted by atomic mass is 32.2. The fourth-order valence-corrected chi connectivity index (χ4v) is 12.5. The molecular formula is C50H78N8O14S2Si2. The molecule has 6 heterocycles. The first kappa shape index (κ1) is 62.1. The Morgan fingerprint density at radius 1 is 0.961 bits per heavy atom. The van der Waals surface area contributed by atoms with Crippen LogP contribution in [0.2, 0.25) is 36.3 Å². The second-order valence-corrected chi connectivity index (χ2v) is 34.4. The number of aryl methyl sites for hydroxylation is 1. The molecule has 0 saturated carbocycles. The van der Waals surface area contributed by atoms with Crippen LogP contribution in [-0.4, -0.2) is 107 Å². The number of nitrogens with one attached hydrogen (secondary N) is 1. The monoisotopic (exact) mass is 1130 g/mol. The van der Waals surface area contributed by atoms with E-state index in [0.717, 1.165) is 21.2 Å². The van der Waals surface area contributed by atoms with Crippen LogP contribution in [0, 0.1) is 6.92 Å². The molecule has 2 fully saturated rings. The van der Waals surface area contributed by atoms with E-state index >= 15 is 0 Å². The summed E-state index contributed by atoms with van der Waals surface area (Å²) in [5, 5.41) is 9.34. The van der Waals surface area contributed by atoms with E-state index < -0.39 is 73.4 Å². The number of aliphatic hydroxyl groups is 1. The van der Waals surface area contributed by atoms with Crippen LogP contribution in [0.5, 0.6) is 0 Å². The number of ether oxygens (including phenoxy) is 3. The second-order valence-electron chi connectivity index (χ2n) is 22.3. The summed E-state index contributed by atoms with van der Waals surface area (Å²) in [6.45, 7) is 28.5. The van der Waals surface area contributed by atoms with Gasteiger partial charge in [-0.2, -0.15) is 13.4 Å². The Hall–Kier alpha value is -4.75. The molecule has 22 nitrogen and oxygen atoms in total. The third kappa shape index (κ3) is 13.7. The average molecular weight is 1140 g/mol. The van der Waals surface area contributed by atoms with Gasteiger partial charge in [-0.15, -0.1) is 11.8 Å². The fraction of sp³-hybridized carbons (Fsp3) is 0.600. The van der Waals surface area contributed by atoms with Crippen LogP contribution in [0.4, 0.5) is 5.82 Å². The van der Waals surface area contributed by atoms with Crippen molar-refractivity contribution < 1.29 is 40.8 Å². The maximum absolute atomic E-state index is 13.4. The molecule has 1 aromatic carbocycles. The second kappa shape index (κ2) is 24.1. The van der Waals surface area contributed by atoms with Crippen molar-refractivity contribution in [2.75, 3.05) is 31.3 Å². The zero-order chi connectivity index (χ0) is 57.1. The number of anilines is 1. The van der Waals surface area contributed by atoms with E-state index in [-0.39, 0.29) is 64.7 Å². The SMILES string of the molecule is CCOCn1c(Cc2ccccc2)c(C(C)C)c(=O)[nH]c1=O.Cc1cn([C@@H]2O[C@H](CO[Si](C)(C)C(C)(C)C)C3(OS(=O)(=O)C=C3N)[C@H]2O[Si](C)(C)C(C)(C)C)c(=O)n(C)c1=O.Nc1ccn([C@@H]2CS[C@H](CO)O2)c(=O)n1. The minimum atomic E-state index is -4.18. The Kier molecular flexibility index (Phi) is 19.7. The average Bonchev–Trinajstić information content (AvgIpc) is 3.98. The molecule has 26 heteroatoms. The predicted molar refractivity (Wildman–Crippen MR) is 297 cm³/mol. The number of aromatic nitrogens is 6. The zero-order valence-corrected chi connectivity index (χ0v) is 50.0. The summed E-state index contributed by atoms with van der Waals surface area (Å²) in [7, 11) is -7.77. The standard InChI is InChI=1S/C25H45N3O8SSi2.C17H22N2O3.C8H11N3O3S/c1-16-13-28(22(30)27(8)20(16)29)21-19(35-39(11,12)24(5,6)7)25(17(26)15-37(31,32)36-25)18(34-21)14-33-38(9,10)23(2,3)4;1-4-22-11-19-14(10-13-8-6-5-7-9-13)15(12(2)3)16(20)18-17(19)21;9-5-1-2-11(8(13)10-5)6-4-15-7(3-12)14-6/h13,15,18-19,21H,14,26H2,1-12H3;5-9,12H,4,10-11H2,1-3H3,(H,18,20,21);1-2,6-7,12H,3-4H2,(H2,9,10,13)/t18-,19+,21-,25?;;6-,7+/m1.0/s1. The number of hydrogen-bond acceptors (Lipinski definition) is 18. The molecular weight excluding hydrogens is 1060 g/mol. The zero-order valence-electron chi connectivity index (χ0n) is 46.4. The third-order valence-electron chi connectivity index (χ3n) is 14.4. The van der Waals surface area contributed by atoms with Gasteiger partial charge in [-0.25, -0.2) is 18.6 Å². The highest BCUT2D eigenvalue weighted by Gasteiger charge is 2.67. The maximum Gasteiger partial charge on any atom is 0.351 e. The first-order chi connectivity index (χ1) is 35.1. The number of thioether (sulfide) groups is 1. The highest BCUT2D eigenvalue weighted by molar-refractivity contribution is 8.00. The molecule has 422 valence electrons. The topological polar surface area (TPSA) is 296 Å². The molecule has 7 rings (SSSR count). The van der Waals surface area contributed by atoms with Crippen LogP contribution in [0.1, 0.15) is 103 Å². The summed E-state index contributed by atoms with van der Waals surface area (Å²) in [6, 6.07) is 11.4. The number of benzene rings is 1. The number of H-pyrrole nitrogens is 1. The summed E-state index contributed by atoms with van der Waals surface area (Å²) in [5.74, 6) is 0.841. The van der Waals surface area contributed by atoms with E-state index in [1.807, 2.05) is 85.0 Å². The fourth-order valence-electron chi connectivity index (χ4n) is 8.10. The van der Waals surface area contributed by atoms with Crippen molar-refractivity contribution >= 4 is 44.3 Å². The molecule has 0 aliphatic carbocycles. The minimum absolute atomic E-state index is 0.0240. The number of nitrogens with two attached hydrogens (primary N) is 2. The molecule has 0 radical (unpaired) electrons. The van der Waals surface area contributed by atoms with Crippen molar-refractivity contribution in [3.8, 4) is 0 Å². The Labute approximate surface area is 450 Å². The van der Waals surface area contributed by atoms with E-state index in [2.05, 4.69) is 43.8 Å². The number of hydrogen-bond donors (Lipinski definition) is 4. The van der Waals surface area contributed by atoms with Gasteiger partial charge in [0.1, 0.15) is 36.4 Å². The molecule has 3 aliphatic heterocycles. The highest BCUT2D eigenvalue weighted by Crippen LogP contribution is 2.52. The van der Waals surface area contributed by atoms with Crippen LogP contribution in [0.25, 0.3) is 0 Å². The van der Waals surface area contributed by atoms with E-state index in [1.165, 1.54) is 38.7 Å². The number of nitrogens with zero attached hydrogens (tertiary/aromatic N) is 5. The van der Waals surface area contributed by atoms with Crippen LogP contribution in [0.15, 0.2) is 83.9 Å². The molecule has 76 heavy (non-hydrogen) atoms. The van der Waals surface area contributed by atoms with Gasteiger partial charge in [0.25, 0.3) is 21.2 Å². The Balaban J connectivity index is 0.000000240. The maximum atomic E-state index is 13.4. The summed E-state index contributed by atoms with van der Waals surface area (Å²) in [6.07, 6.45) is -0.182. The summed E-state index contributed by atoms with van der Waals surface area (Å²) in [5.41, 5.74) is 10.2.